The molecule has 31 heavy (non-hydrogen) atoms. The summed E-state index contributed by atoms with van der Waals surface area (Å²) in [4.78, 5) is 12.8. The van der Waals surface area contributed by atoms with E-state index in [4.69, 9.17) is 16.3 Å². The molecule has 0 fully saturated rings. The zero-order valence-electron chi connectivity index (χ0n) is 17.2. The van der Waals surface area contributed by atoms with Crippen molar-refractivity contribution >= 4 is 33.2 Å². The molecule has 3 aromatic rings. The van der Waals surface area contributed by atoms with Crippen molar-refractivity contribution in [2.45, 2.75) is 18.4 Å². The number of nitrogens with one attached hydrogen (secondary N) is 1. The van der Waals surface area contributed by atoms with E-state index in [-0.39, 0.29) is 17.1 Å². The quantitative estimate of drug-likeness (QED) is 0.549. The summed E-state index contributed by atoms with van der Waals surface area (Å²) in [5.41, 5.74) is 2.07. The van der Waals surface area contributed by atoms with Crippen molar-refractivity contribution in [2.24, 2.45) is 0 Å². The first-order valence-electron chi connectivity index (χ1n) is 9.55. The number of methoxy groups -OCH3 is 1. The van der Waals surface area contributed by atoms with Crippen molar-refractivity contribution in [1.29, 1.82) is 0 Å². The second-order valence-corrected chi connectivity index (χ2v) is 9.20. The molecular weight excluding hydrogens is 436 g/mol. The molecule has 0 aliphatic heterocycles. The number of anilines is 1. The van der Waals surface area contributed by atoms with Crippen LogP contribution in [-0.2, 0) is 21.4 Å². The Morgan fingerprint density at radius 1 is 1.00 bits per heavy atom. The number of para-hydroxylation sites is 2. The van der Waals surface area contributed by atoms with Gasteiger partial charge in [0.25, 0.3) is 10.0 Å². The van der Waals surface area contributed by atoms with Crippen LogP contribution in [0, 0.1) is 6.92 Å². The van der Waals surface area contributed by atoms with Gasteiger partial charge in [-0.2, -0.15) is 0 Å². The largest absolute Gasteiger partial charge is 0.495 e. The van der Waals surface area contributed by atoms with Gasteiger partial charge in [-0.3, -0.25) is 9.10 Å². The maximum absolute atomic E-state index is 13.4. The number of benzene rings is 3. The van der Waals surface area contributed by atoms with Crippen molar-refractivity contribution in [2.75, 3.05) is 18.0 Å². The van der Waals surface area contributed by atoms with Crippen LogP contribution in [0.4, 0.5) is 5.69 Å². The Kier molecular flexibility index (Phi) is 7.20. The summed E-state index contributed by atoms with van der Waals surface area (Å²) in [6.45, 7) is 1.73. The molecule has 0 aromatic heterocycles. The van der Waals surface area contributed by atoms with E-state index in [1.807, 2.05) is 6.92 Å². The number of halogens is 1. The summed E-state index contributed by atoms with van der Waals surface area (Å²) in [7, 11) is -2.56. The standard InChI is InChI=1S/C23H23ClN2O4S/c1-17-7-13-20(14-8-17)31(28,29)26(21-5-3-4-6-22(21)30-2)16-23(27)25-15-18-9-11-19(24)12-10-18/h3-14H,15-16H2,1-2H3,(H,25,27). The van der Waals surface area contributed by atoms with E-state index in [9.17, 15) is 13.2 Å². The van der Waals surface area contributed by atoms with Gasteiger partial charge in [0.05, 0.1) is 17.7 Å². The van der Waals surface area contributed by atoms with Crippen molar-refractivity contribution in [1.82, 2.24) is 5.32 Å². The second kappa shape index (κ2) is 9.85. The Hall–Kier alpha value is -3.03. The average molecular weight is 459 g/mol. The van der Waals surface area contributed by atoms with Crippen molar-refractivity contribution < 1.29 is 17.9 Å². The average Bonchev–Trinajstić information content (AvgIpc) is 2.77. The number of sulfonamides is 1. The van der Waals surface area contributed by atoms with E-state index in [0.29, 0.717) is 10.8 Å². The fraction of sp³-hybridized carbons (Fsp3) is 0.174. The van der Waals surface area contributed by atoms with E-state index in [1.54, 1.807) is 60.7 Å². The topological polar surface area (TPSA) is 75.7 Å². The smallest absolute Gasteiger partial charge is 0.264 e. The van der Waals surface area contributed by atoms with E-state index < -0.39 is 22.5 Å². The molecule has 162 valence electrons. The number of nitrogens with zero attached hydrogens (tertiary/aromatic N) is 1. The maximum atomic E-state index is 13.4. The predicted molar refractivity (Wildman–Crippen MR) is 122 cm³/mol. The van der Waals surface area contributed by atoms with Crippen LogP contribution in [0.1, 0.15) is 11.1 Å². The first-order chi connectivity index (χ1) is 14.8. The number of amides is 1. The van der Waals surface area contributed by atoms with Gasteiger partial charge in [0.1, 0.15) is 12.3 Å². The van der Waals surface area contributed by atoms with E-state index in [0.717, 1.165) is 15.4 Å². The summed E-state index contributed by atoms with van der Waals surface area (Å²) in [5.74, 6) is -0.0970. The Morgan fingerprint density at radius 2 is 1.65 bits per heavy atom. The van der Waals surface area contributed by atoms with Crippen LogP contribution in [0.2, 0.25) is 5.02 Å². The minimum absolute atomic E-state index is 0.0921. The van der Waals surface area contributed by atoms with Gasteiger partial charge in [0, 0.05) is 11.6 Å². The first kappa shape index (κ1) is 22.7. The molecule has 0 atom stereocenters. The molecule has 0 radical (unpaired) electrons. The van der Waals surface area contributed by atoms with Crippen LogP contribution in [0.5, 0.6) is 5.75 Å². The van der Waals surface area contributed by atoms with Gasteiger partial charge in [-0.05, 0) is 48.9 Å². The van der Waals surface area contributed by atoms with Gasteiger partial charge in [0.2, 0.25) is 5.91 Å². The summed E-state index contributed by atoms with van der Waals surface area (Å²) in [5, 5.41) is 3.36. The Bertz CT molecular complexity index is 1150. The van der Waals surface area contributed by atoms with Gasteiger partial charge >= 0.3 is 0 Å². The zero-order chi connectivity index (χ0) is 22.4. The lowest BCUT2D eigenvalue weighted by molar-refractivity contribution is -0.119. The number of hydrogen-bond donors (Lipinski definition) is 1. The number of carbonyl (C=O) groups excluding carboxylic acids is 1. The highest BCUT2D eigenvalue weighted by molar-refractivity contribution is 7.92. The molecule has 3 aromatic carbocycles. The highest BCUT2D eigenvalue weighted by Crippen LogP contribution is 2.32. The maximum Gasteiger partial charge on any atom is 0.264 e. The van der Waals surface area contributed by atoms with Gasteiger partial charge in [-0.15, -0.1) is 0 Å². The third-order valence-electron chi connectivity index (χ3n) is 4.65. The summed E-state index contributed by atoms with van der Waals surface area (Å²) < 4.78 is 33.3. The molecular formula is C23H23ClN2O4S. The normalized spacial score (nSPS) is 11.1. The van der Waals surface area contributed by atoms with Crippen LogP contribution < -0.4 is 14.4 Å². The van der Waals surface area contributed by atoms with Crippen molar-refractivity contribution in [3.8, 4) is 5.75 Å². The lowest BCUT2D eigenvalue weighted by Crippen LogP contribution is -2.40. The number of aryl methyl sites for hydroxylation is 1. The second-order valence-electron chi connectivity index (χ2n) is 6.90. The summed E-state index contributed by atoms with van der Waals surface area (Å²) >= 11 is 5.89. The van der Waals surface area contributed by atoms with Gasteiger partial charge in [-0.25, -0.2) is 8.42 Å². The van der Waals surface area contributed by atoms with E-state index in [1.165, 1.54) is 19.2 Å². The van der Waals surface area contributed by atoms with Crippen molar-refractivity contribution in [3.63, 3.8) is 0 Å². The fourth-order valence-corrected chi connectivity index (χ4v) is 4.52. The molecule has 0 aliphatic carbocycles. The Balaban J connectivity index is 1.89. The molecule has 0 unspecified atom stereocenters. The molecule has 0 spiro atoms. The lowest BCUT2D eigenvalue weighted by atomic mass is 10.2. The molecule has 0 bridgehead atoms. The van der Waals surface area contributed by atoms with Crippen molar-refractivity contribution in [3.05, 3.63) is 88.9 Å². The fourth-order valence-electron chi connectivity index (χ4n) is 2.96. The lowest BCUT2D eigenvalue weighted by Gasteiger charge is -2.25. The molecule has 1 amide bonds. The van der Waals surface area contributed by atoms with E-state index in [2.05, 4.69) is 5.32 Å². The third-order valence-corrected chi connectivity index (χ3v) is 6.68. The Labute approximate surface area is 187 Å². The van der Waals surface area contributed by atoms with Crippen LogP contribution in [0.3, 0.4) is 0 Å². The number of carbonyl (C=O) groups is 1. The van der Waals surface area contributed by atoms with Gasteiger partial charge in [0.15, 0.2) is 0 Å². The molecule has 0 saturated heterocycles. The van der Waals surface area contributed by atoms with Crippen LogP contribution in [0.15, 0.2) is 77.7 Å². The molecule has 0 heterocycles. The molecule has 0 aliphatic rings. The van der Waals surface area contributed by atoms with Gasteiger partial charge in [-0.1, -0.05) is 53.6 Å². The number of hydrogen-bond acceptors (Lipinski definition) is 4. The summed E-state index contributed by atoms with van der Waals surface area (Å²) in [6.07, 6.45) is 0. The highest BCUT2D eigenvalue weighted by atomic mass is 35.5. The molecule has 0 saturated carbocycles. The SMILES string of the molecule is COc1ccccc1N(CC(=O)NCc1ccc(Cl)cc1)S(=O)(=O)c1ccc(C)cc1. The molecule has 6 nitrogen and oxygen atoms in total. The van der Waals surface area contributed by atoms with Crippen LogP contribution in [-0.4, -0.2) is 28.0 Å². The summed E-state index contributed by atoms with van der Waals surface area (Å²) in [6, 6.07) is 20.2. The minimum atomic E-state index is -4.01. The molecule has 8 heteroatoms. The number of ether oxygens (including phenoxy) is 1. The molecule has 1 N–H and O–H groups in total. The first-order valence-corrected chi connectivity index (χ1v) is 11.4. The minimum Gasteiger partial charge on any atom is -0.495 e. The highest BCUT2D eigenvalue weighted by Gasteiger charge is 2.29. The Morgan fingerprint density at radius 3 is 2.29 bits per heavy atom. The number of rotatable bonds is 8. The predicted octanol–water partition coefficient (Wildman–Crippen LogP) is 4.17. The monoisotopic (exact) mass is 458 g/mol. The van der Waals surface area contributed by atoms with Gasteiger partial charge < -0.3 is 10.1 Å². The molecule has 3 rings (SSSR count). The zero-order valence-corrected chi connectivity index (χ0v) is 18.8. The third kappa shape index (κ3) is 5.57. The van der Waals surface area contributed by atoms with E-state index >= 15 is 0 Å². The van der Waals surface area contributed by atoms with Crippen LogP contribution >= 0.6 is 11.6 Å². The van der Waals surface area contributed by atoms with Crippen LogP contribution in [0.25, 0.3) is 0 Å².